The zero-order valence-corrected chi connectivity index (χ0v) is 15.9. The molecule has 10 heteroatoms. The number of carboxylic acid groups (broad SMARTS) is 1. The minimum atomic E-state index is -1.08. The number of thioether (sulfide) groups is 1. The topological polar surface area (TPSA) is 131 Å². The van der Waals surface area contributed by atoms with Gasteiger partial charge in [-0.1, -0.05) is 12.1 Å². The van der Waals surface area contributed by atoms with Crippen LogP contribution in [0.1, 0.15) is 11.1 Å². The maximum absolute atomic E-state index is 12.2. The van der Waals surface area contributed by atoms with Crippen LogP contribution in [-0.2, 0) is 9.59 Å². The van der Waals surface area contributed by atoms with Crippen molar-refractivity contribution in [2.45, 2.75) is 6.92 Å². The predicted octanol–water partition coefficient (Wildman–Crippen LogP) is 3.26. The lowest BCUT2D eigenvalue weighted by molar-refractivity contribution is -0.384. The highest BCUT2D eigenvalue weighted by atomic mass is 32.2. The SMILES string of the molecule is Cc1cc([N+](=O)[O-])ccc1N=C1NC(=O)/C(=C\c2cccc(OCC(=O)O)c2)S1. The zero-order chi connectivity index (χ0) is 21.0. The van der Waals surface area contributed by atoms with Crippen LogP contribution in [0.3, 0.4) is 0 Å². The lowest BCUT2D eigenvalue weighted by atomic mass is 10.2. The number of nitrogens with one attached hydrogen (secondary N) is 1. The van der Waals surface area contributed by atoms with E-state index in [1.54, 1.807) is 37.3 Å². The zero-order valence-electron chi connectivity index (χ0n) is 15.1. The van der Waals surface area contributed by atoms with Crippen molar-refractivity contribution < 1.29 is 24.4 Å². The maximum Gasteiger partial charge on any atom is 0.341 e. The average Bonchev–Trinajstić information content (AvgIpc) is 3.01. The van der Waals surface area contributed by atoms with Gasteiger partial charge in [0.2, 0.25) is 0 Å². The molecule has 1 aliphatic rings. The molecule has 148 valence electrons. The van der Waals surface area contributed by atoms with Gasteiger partial charge in [-0.3, -0.25) is 14.9 Å². The third-order valence-electron chi connectivity index (χ3n) is 3.78. The summed E-state index contributed by atoms with van der Waals surface area (Å²) in [5.41, 5.74) is 1.77. The molecule has 0 aromatic heterocycles. The molecule has 1 heterocycles. The molecule has 9 nitrogen and oxygen atoms in total. The normalized spacial score (nSPS) is 16.1. The molecule has 2 aromatic rings. The van der Waals surface area contributed by atoms with Crippen molar-refractivity contribution in [3.8, 4) is 5.75 Å². The number of carbonyl (C=O) groups excluding carboxylic acids is 1. The highest BCUT2D eigenvalue weighted by Crippen LogP contribution is 2.30. The third-order valence-corrected chi connectivity index (χ3v) is 4.69. The Kier molecular flexibility index (Phi) is 5.93. The molecule has 0 bridgehead atoms. The van der Waals surface area contributed by atoms with Gasteiger partial charge >= 0.3 is 5.97 Å². The van der Waals surface area contributed by atoms with Gasteiger partial charge in [-0.25, -0.2) is 9.79 Å². The minimum absolute atomic E-state index is 0.0276. The van der Waals surface area contributed by atoms with E-state index in [1.807, 2.05) is 0 Å². The summed E-state index contributed by atoms with van der Waals surface area (Å²) in [6, 6.07) is 11.0. The fourth-order valence-electron chi connectivity index (χ4n) is 2.46. The number of rotatable bonds is 6. The standard InChI is InChI=1S/C19H15N3O6S/c1-11-7-13(22(26)27)5-6-15(11)20-19-21-18(25)16(29-19)9-12-3-2-4-14(8-12)28-10-17(23)24/h2-9H,10H2,1H3,(H,23,24)(H,20,21,25)/b16-9+. The number of benzene rings is 2. The minimum Gasteiger partial charge on any atom is -0.482 e. The molecule has 0 atom stereocenters. The molecule has 0 saturated carbocycles. The van der Waals surface area contributed by atoms with E-state index in [0.29, 0.717) is 32.6 Å². The highest BCUT2D eigenvalue weighted by Gasteiger charge is 2.24. The molecule has 0 aliphatic carbocycles. The maximum atomic E-state index is 12.2. The van der Waals surface area contributed by atoms with Gasteiger partial charge in [-0.2, -0.15) is 0 Å². The van der Waals surface area contributed by atoms with Crippen LogP contribution in [0.4, 0.5) is 11.4 Å². The Morgan fingerprint density at radius 2 is 2.14 bits per heavy atom. The average molecular weight is 413 g/mol. The lowest BCUT2D eigenvalue weighted by Crippen LogP contribution is -2.19. The molecule has 0 radical (unpaired) electrons. The first-order valence-corrected chi connectivity index (χ1v) is 9.13. The Hall–Kier alpha value is -3.66. The van der Waals surface area contributed by atoms with Gasteiger partial charge in [0.05, 0.1) is 15.5 Å². The number of carbonyl (C=O) groups is 2. The van der Waals surface area contributed by atoms with Crippen molar-refractivity contribution in [3.63, 3.8) is 0 Å². The Labute approximate surface area is 169 Å². The van der Waals surface area contributed by atoms with E-state index in [-0.39, 0.29) is 11.6 Å². The molecule has 1 aliphatic heterocycles. The number of amides is 1. The van der Waals surface area contributed by atoms with Crippen LogP contribution in [0.25, 0.3) is 6.08 Å². The first kappa shape index (κ1) is 20.1. The van der Waals surface area contributed by atoms with E-state index in [2.05, 4.69) is 10.3 Å². The summed E-state index contributed by atoms with van der Waals surface area (Å²) in [7, 11) is 0. The summed E-state index contributed by atoms with van der Waals surface area (Å²) in [5.74, 6) is -1.03. The van der Waals surface area contributed by atoms with E-state index in [1.165, 1.54) is 18.2 Å². The molecule has 1 saturated heterocycles. The third kappa shape index (κ3) is 5.20. The van der Waals surface area contributed by atoms with E-state index in [4.69, 9.17) is 9.84 Å². The number of nitrogens with zero attached hydrogens (tertiary/aromatic N) is 2. The molecular weight excluding hydrogens is 398 g/mol. The van der Waals surface area contributed by atoms with Gasteiger partial charge in [0, 0.05) is 12.1 Å². The summed E-state index contributed by atoms with van der Waals surface area (Å²) in [6.07, 6.45) is 1.64. The van der Waals surface area contributed by atoms with Crippen LogP contribution < -0.4 is 10.1 Å². The van der Waals surface area contributed by atoms with Gasteiger partial charge in [0.25, 0.3) is 11.6 Å². The van der Waals surface area contributed by atoms with Gasteiger partial charge < -0.3 is 15.2 Å². The summed E-state index contributed by atoms with van der Waals surface area (Å²) < 4.78 is 5.13. The van der Waals surface area contributed by atoms with Crippen molar-refractivity contribution in [2.75, 3.05) is 6.61 Å². The van der Waals surface area contributed by atoms with Crippen molar-refractivity contribution in [1.29, 1.82) is 0 Å². The second kappa shape index (κ2) is 8.57. The van der Waals surface area contributed by atoms with Crippen molar-refractivity contribution >= 4 is 46.3 Å². The Morgan fingerprint density at radius 1 is 1.34 bits per heavy atom. The van der Waals surface area contributed by atoms with Crippen LogP contribution in [0, 0.1) is 17.0 Å². The Bertz CT molecular complexity index is 1060. The fourth-order valence-corrected chi connectivity index (χ4v) is 3.29. The number of nitro groups is 1. The van der Waals surface area contributed by atoms with Crippen LogP contribution in [0.5, 0.6) is 5.75 Å². The number of hydrogen-bond acceptors (Lipinski definition) is 7. The van der Waals surface area contributed by atoms with Gasteiger partial charge in [-0.15, -0.1) is 0 Å². The van der Waals surface area contributed by atoms with Gasteiger partial charge in [0.1, 0.15) is 5.75 Å². The van der Waals surface area contributed by atoms with E-state index < -0.39 is 17.5 Å². The molecule has 1 fully saturated rings. The van der Waals surface area contributed by atoms with Crippen LogP contribution in [-0.4, -0.2) is 33.7 Å². The monoisotopic (exact) mass is 413 g/mol. The van der Waals surface area contributed by atoms with Crippen molar-refractivity contribution in [3.05, 3.63) is 68.6 Å². The van der Waals surface area contributed by atoms with Gasteiger partial charge in [0.15, 0.2) is 11.8 Å². The van der Waals surface area contributed by atoms with Crippen LogP contribution >= 0.6 is 11.8 Å². The van der Waals surface area contributed by atoms with Crippen LogP contribution in [0.2, 0.25) is 0 Å². The second-order valence-corrected chi connectivity index (χ2v) is 7.00. The van der Waals surface area contributed by atoms with Crippen molar-refractivity contribution in [1.82, 2.24) is 5.32 Å². The van der Waals surface area contributed by atoms with Crippen molar-refractivity contribution in [2.24, 2.45) is 4.99 Å². The molecule has 0 unspecified atom stereocenters. The summed E-state index contributed by atoms with van der Waals surface area (Å²) >= 11 is 1.13. The number of aryl methyl sites for hydroxylation is 1. The largest absolute Gasteiger partial charge is 0.482 e. The number of amidine groups is 1. The molecule has 3 rings (SSSR count). The quantitative estimate of drug-likeness (QED) is 0.422. The molecule has 1 amide bonds. The molecule has 29 heavy (non-hydrogen) atoms. The lowest BCUT2D eigenvalue weighted by Gasteiger charge is -2.03. The first-order valence-electron chi connectivity index (χ1n) is 8.31. The molecule has 0 spiro atoms. The van der Waals surface area contributed by atoms with E-state index in [9.17, 15) is 19.7 Å². The van der Waals surface area contributed by atoms with E-state index >= 15 is 0 Å². The van der Waals surface area contributed by atoms with E-state index in [0.717, 1.165) is 11.8 Å². The smallest absolute Gasteiger partial charge is 0.341 e. The molecular formula is C19H15N3O6S. The van der Waals surface area contributed by atoms with Crippen LogP contribution in [0.15, 0.2) is 52.4 Å². The van der Waals surface area contributed by atoms with Gasteiger partial charge in [-0.05, 0) is 54.1 Å². The number of non-ortho nitro benzene ring substituents is 1. The number of nitro benzene ring substituents is 1. The fraction of sp³-hybridized carbons (Fsp3) is 0.105. The number of ether oxygens (including phenoxy) is 1. The Morgan fingerprint density at radius 3 is 2.83 bits per heavy atom. The summed E-state index contributed by atoms with van der Waals surface area (Å²) in [6.45, 7) is 1.24. The first-order chi connectivity index (χ1) is 13.8. The second-order valence-electron chi connectivity index (χ2n) is 5.96. The summed E-state index contributed by atoms with van der Waals surface area (Å²) in [5, 5.41) is 22.5. The summed E-state index contributed by atoms with van der Waals surface area (Å²) in [4.78, 5) is 37.9. The number of aliphatic carboxylic acids is 1. The number of carboxylic acids is 1. The number of aliphatic imine (C=N–C) groups is 1. The highest BCUT2D eigenvalue weighted by molar-refractivity contribution is 8.18. The Balaban J connectivity index is 1.78. The molecule has 2 N–H and O–H groups in total. The predicted molar refractivity (Wildman–Crippen MR) is 108 cm³/mol. The number of hydrogen-bond donors (Lipinski definition) is 2. The molecule has 2 aromatic carbocycles.